The Morgan fingerprint density at radius 2 is 2.00 bits per heavy atom. The Balaban J connectivity index is 4.11. The highest BCUT2D eigenvalue weighted by Crippen LogP contribution is 2.17. The van der Waals surface area contributed by atoms with Crippen molar-refractivity contribution in [1.82, 2.24) is 0 Å². The summed E-state index contributed by atoms with van der Waals surface area (Å²) in [5.74, 6) is -0.333. The molecule has 0 heterocycles. The van der Waals surface area contributed by atoms with E-state index in [1.54, 1.807) is 0 Å². The fraction of sp³-hybridized carbons (Fsp3) is 0.667. The van der Waals surface area contributed by atoms with Crippen LogP contribution in [0, 0.1) is 0 Å². The van der Waals surface area contributed by atoms with E-state index in [1.165, 1.54) is 7.11 Å². The highest BCUT2D eigenvalue weighted by Gasteiger charge is 2.25. The fourth-order valence-corrected chi connectivity index (χ4v) is 3.23. The van der Waals surface area contributed by atoms with Crippen molar-refractivity contribution in [2.75, 3.05) is 13.7 Å². The number of ether oxygens (including phenoxy) is 1. The normalized spacial score (nSPS) is 11.1. The number of hydrogen-bond donors (Lipinski definition) is 0. The van der Waals surface area contributed by atoms with E-state index in [0.717, 1.165) is 0 Å². The van der Waals surface area contributed by atoms with E-state index in [-0.39, 0.29) is 5.97 Å². The molecule has 0 atom stereocenters. The number of carbonyl (C=O) groups excluding carboxylic acids is 1. The van der Waals surface area contributed by atoms with Gasteiger partial charge in [0, 0.05) is 12.2 Å². The van der Waals surface area contributed by atoms with Crippen molar-refractivity contribution in [2.45, 2.75) is 26.1 Å². The SMILES string of the molecule is C=C(C[Si](C)(C)OCC)C(=O)OC. The van der Waals surface area contributed by atoms with Crippen LogP contribution in [0.2, 0.25) is 19.1 Å². The molecule has 0 aliphatic carbocycles. The number of methoxy groups -OCH3 is 1. The molecule has 13 heavy (non-hydrogen) atoms. The summed E-state index contributed by atoms with van der Waals surface area (Å²) >= 11 is 0. The van der Waals surface area contributed by atoms with Crippen LogP contribution < -0.4 is 0 Å². The molecular formula is C9H18O3Si. The second-order valence-electron chi connectivity index (χ2n) is 3.46. The van der Waals surface area contributed by atoms with Crippen molar-refractivity contribution >= 4 is 14.3 Å². The second kappa shape index (κ2) is 5.19. The molecule has 0 spiro atoms. The Kier molecular flexibility index (Phi) is 4.94. The molecule has 0 aromatic carbocycles. The van der Waals surface area contributed by atoms with Crippen LogP contribution in [0.25, 0.3) is 0 Å². The first-order valence-electron chi connectivity index (χ1n) is 4.33. The lowest BCUT2D eigenvalue weighted by Crippen LogP contribution is -2.31. The molecule has 0 bridgehead atoms. The summed E-state index contributed by atoms with van der Waals surface area (Å²) in [6.45, 7) is 10.4. The Labute approximate surface area is 80.9 Å². The standard InChI is InChI=1S/C9H18O3Si/c1-6-12-13(4,5)7-8(2)9(10)11-3/h2,6-7H2,1,3-5H3. The molecule has 0 amide bonds. The molecule has 0 aliphatic rings. The smallest absolute Gasteiger partial charge is 0.332 e. The average Bonchev–Trinajstić information content (AvgIpc) is 2.01. The number of carbonyl (C=O) groups is 1. The van der Waals surface area contributed by atoms with Crippen molar-refractivity contribution in [3.05, 3.63) is 12.2 Å². The van der Waals surface area contributed by atoms with Gasteiger partial charge in [-0.05, 0) is 26.1 Å². The molecule has 0 N–H and O–H groups in total. The molecule has 0 rings (SSSR count). The lowest BCUT2D eigenvalue weighted by Gasteiger charge is -2.21. The molecule has 3 nitrogen and oxygen atoms in total. The van der Waals surface area contributed by atoms with E-state index in [2.05, 4.69) is 24.4 Å². The van der Waals surface area contributed by atoms with E-state index in [0.29, 0.717) is 18.2 Å². The Bertz CT molecular complexity index is 199. The van der Waals surface area contributed by atoms with Gasteiger partial charge < -0.3 is 9.16 Å². The Morgan fingerprint density at radius 3 is 2.38 bits per heavy atom. The van der Waals surface area contributed by atoms with Crippen molar-refractivity contribution in [3.8, 4) is 0 Å². The van der Waals surface area contributed by atoms with Gasteiger partial charge in [0.25, 0.3) is 0 Å². The molecule has 0 aromatic rings. The maximum atomic E-state index is 11.0. The molecule has 0 radical (unpaired) electrons. The summed E-state index contributed by atoms with van der Waals surface area (Å²) < 4.78 is 10.1. The zero-order chi connectivity index (χ0) is 10.5. The predicted molar refractivity (Wildman–Crippen MR) is 55.1 cm³/mol. The monoisotopic (exact) mass is 202 g/mol. The highest BCUT2D eigenvalue weighted by molar-refractivity contribution is 6.72. The van der Waals surface area contributed by atoms with Gasteiger partial charge in [0.15, 0.2) is 8.32 Å². The first-order chi connectivity index (χ1) is 5.93. The van der Waals surface area contributed by atoms with Crippen LogP contribution in [0.5, 0.6) is 0 Å². The van der Waals surface area contributed by atoms with Gasteiger partial charge in [0.05, 0.1) is 7.11 Å². The summed E-state index contributed by atoms with van der Waals surface area (Å²) in [4.78, 5) is 11.0. The molecule has 0 aromatic heterocycles. The molecule has 76 valence electrons. The number of hydrogen-bond acceptors (Lipinski definition) is 3. The third-order valence-corrected chi connectivity index (χ3v) is 4.00. The van der Waals surface area contributed by atoms with Crippen molar-refractivity contribution < 1.29 is 14.0 Å². The van der Waals surface area contributed by atoms with Gasteiger partial charge in [-0.15, -0.1) is 0 Å². The van der Waals surface area contributed by atoms with Crippen LogP contribution in [0.1, 0.15) is 6.92 Å². The summed E-state index contributed by atoms with van der Waals surface area (Å²) in [6.07, 6.45) is 0. The minimum atomic E-state index is -1.75. The second-order valence-corrected chi connectivity index (χ2v) is 7.63. The predicted octanol–water partition coefficient (Wildman–Crippen LogP) is 1.96. The summed E-state index contributed by atoms with van der Waals surface area (Å²) in [7, 11) is -0.382. The lowest BCUT2D eigenvalue weighted by molar-refractivity contribution is -0.136. The van der Waals surface area contributed by atoms with Gasteiger partial charge in [0.1, 0.15) is 0 Å². The van der Waals surface area contributed by atoms with E-state index >= 15 is 0 Å². The quantitative estimate of drug-likeness (QED) is 0.388. The van der Waals surface area contributed by atoms with Gasteiger partial charge in [-0.3, -0.25) is 0 Å². The highest BCUT2D eigenvalue weighted by atomic mass is 28.4. The topological polar surface area (TPSA) is 35.5 Å². The molecule has 0 saturated carbocycles. The largest absolute Gasteiger partial charge is 0.466 e. The molecule has 0 fully saturated rings. The number of esters is 1. The van der Waals surface area contributed by atoms with Gasteiger partial charge in [-0.2, -0.15) is 0 Å². The van der Waals surface area contributed by atoms with E-state index in [4.69, 9.17) is 4.43 Å². The summed E-state index contributed by atoms with van der Waals surface area (Å²) in [5, 5.41) is 0. The molecule has 4 heteroatoms. The fourth-order valence-electron chi connectivity index (χ4n) is 1.17. The summed E-state index contributed by atoms with van der Waals surface area (Å²) in [5.41, 5.74) is 0.507. The maximum Gasteiger partial charge on any atom is 0.332 e. The van der Waals surface area contributed by atoms with E-state index in [9.17, 15) is 4.79 Å². The van der Waals surface area contributed by atoms with Gasteiger partial charge in [0.2, 0.25) is 0 Å². The van der Waals surface area contributed by atoms with Crippen molar-refractivity contribution in [3.63, 3.8) is 0 Å². The van der Waals surface area contributed by atoms with E-state index < -0.39 is 8.32 Å². The molecule has 0 saturated heterocycles. The van der Waals surface area contributed by atoms with Crippen LogP contribution in [0.3, 0.4) is 0 Å². The average molecular weight is 202 g/mol. The van der Waals surface area contributed by atoms with Gasteiger partial charge in [-0.25, -0.2) is 4.79 Å². The Hall–Kier alpha value is -0.613. The molecule has 0 unspecified atom stereocenters. The van der Waals surface area contributed by atoms with Crippen LogP contribution in [-0.4, -0.2) is 28.0 Å². The minimum Gasteiger partial charge on any atom is -0.466 e. The van der Waals surface area contributed by atoms with Crippen LogP contribution in [0.4, 0.5) is 0 Å². The first-order valence-corrected chi connectivity index (χ1v) is 7.44. The zero-order valence-corrected chi connectivity index (χ0v) is 9.85. The molecule has 0 aliphatic heterocycles. The zero-order valence-electron chi connectivity index (χ0n) is 8.85. The van der Waals surface area contributed by atoms with E-state index in [1.807, 2.05) is 6.92 Å². The molecular weight excluding hydrogens is 184 g/mol. The summed E-state index contributed by atoms with van der Waals surface area (Å²) in [6, 6.07) is 0.632. The Morgan fingerprint density at radius 1 is 1.46 bits per heavy atom. The van der Waals surface area contributed by atoms with Crippen LogP contribution in [0.15, 0.2) is 12.2 Å². The number of rotatable bonds is 5. The first kappa shape index (κ1) is 12.4. The third-order valence-electron chi connectivity index (χ3n) is 1.65. The van der Waals surface area contributed by atoms with Crippen LogP contribution in [-0.2, 0) is 14.0 Å². The minimum absolute atomic E-state index is 0.333. The maximum absolute atomic E-state index is 11.0. The van der Waals surface area contributed by atoms with Gasteiger partial charge in [-0.1, -0.05) is 6.58 Å². The van der Waals surface area contributed by atoms with Gasteiger partial charge >= 0.3 is 5.97 Å². The lowest BCUT2D eigenvalue weighted by atomic mass is 10.4. The third kappa shape index (κ3) is 4.85. The van der Waals surface area contributed by atoms with Crippen molar-refractivity contribution in [2.24, 2.45) is 0 Å². The van der Waals surface area contributed by atoms with Crippen molar-refractivity contribution in [1.29, 1.82) is 0 Å². The van der Waals surface area contributed by atoms with Crippen LogP contribution >= 0.6 is 0 Å².